The molecule has 170 valence electrons. The first-order valence-electron chi connectivity index (χ1n) is 11.5. The molecule has 3 rings (SSSR count). The van der Waals surface area contributed by atoms with Gasteiger partial charge in [-0.1, -0.05) is 57.0 Å². The minimum atomic E-state index is -0.0686. The second-order valence-corrected chi connectivity index (χ2v) is 8.00. The highest BCUT2D eigenvalue weighted by atomic mass is 19.1. The van der Waals surface area contributed by atoms with Crippen molar-refractivity contribution in [3.63, 3.8) is 0 Å². The molecule has 1 amide bonds. The molecule has 4 nitrogen and oxygen atoms in total. The minimum absolute atomic E-state index is 0.0686. The summed E-state index contributed by atoms with van der Waals surface area (Å²) in [6.45, 7) is 9.65. The van der Waals surface area contributed by atoms with E-state index in [1.807, 2.05) is 35.2 Å². The van der Waals surface area contributed by atoms with E-state index in [0.717, 1.165) is 75.1 Å². The second kappa shape index (κ2) is 13.7. The zero-order valence-corrected chi connectivity index (χ0v) is 19.2. The van der Waals surface area contributed by atoms with Gasteiger partial charge in [0.15, 0.2) is 0 Å². The van der Waals surface area contributed by atoms with Crippen LogP contribution in [0.15, 0.2) is 48.5 Å². The Morgan fingerprint density at radius 1 is 1.10 bits per heavy atom. The molecule has 1 aliphatic heterocycles. The van der Waals surface area contributed by atoms with Gasteiger partial charge >= 0.3 is 0 Å². The van der Waals surface area contributed by atoms with Gasteiger partial charge in [0.2, 0.25) is 6.41 Å². The Morgan fingerprint density at radius 3 is 2.52 bits per heavy atom. The number of nitrogens with zero attached hydrogens (tertiary/aromatic N) is 2. The Labute approximate surface area is 187 Å². The van der Waals surface area contributed by atoms with Gasteiger partial charge in [0, 0.05) is 19.1 Å². The summed E-state index contributed by atoms with van der Waals surface area (Å²) in [4.78, 5) is 15.4. The molecule has 2 aromatic rings. The van der Waals surface area contributed by atoms with Gasteiger partial charge in [0.05, 0.1) is 12.2 Å². The predicted octanol–water partition coefficient (Wildman–Crippen LogP) is 5.70. The fourth-order valence-electron chi connectivity index (χ4n) is 3.63. The lowest BCUT2D eigenvalue weighted by Gasteiger charge is -2.35. The van der Waals surface area contributed by atoms with Gasteiger partial charge < -0.3 is 14.5 Å². The Bertz CT molecular complexity index is 784. The number of fused-ring (bicyclic) bond motifs is 1. The number of hydrogen-bond donors (Lipinski definition) is 0. The molecule has 0 aromatic heterocycles. The van der Waals surface area contributed by atoms with Crippen LogP contribution >= 0.6 is 0 Å². The fourth-order valence-corrected chi connectivity index (χ4v) is 3.63. The Balaban J connectivity index is 0.000000262. The smallest absolute Gasteiger partial charge is 0.210 e. The third-order valence-corrected chi connectivity index (χ3v) is 5.54. The van der Waals surface area contributed by atoms with Crippen LogP contribution in [0.25, 0.3) is 0 Å². The number of para-hydroxylation sites is 2. The molecule has 0 saturated carbocycles. The first-order chi connectivity index (χ1) is 15.1. The molecular weight excluding hydrogens is 391 g/mol. The molecule has 0 aliphatic carbocycles. The molecule has 1 heterocycles. The van der Waals surface area contributed by atoms with E-state index >= 15 is 0 Å². The lowest BCUT2D eigenvalue weighted by molar-refractivity contribution is -0.119. The number of aryl methyl sites for hydroxylation is 1. The quantitative estimate of drug-likeness (QED) is 0.455. The van der Waals surface area contributed by atoms with Gasteiger partial charge in [0.1, 0.15) is 18.2 Å². The van der Waals surface area contributed by atoms with Crippen molar-refractivity contribution in [1.82, 2.24) is 4.90 Å². The van der Waals surface area contributed by atoms with Gasteiger partial charge in [-0.3, -0.25) is 4.79 Å². The molecule has 2 aromatic carbocycles. The van der Waals surface area contributed by atoms with Crippen LogP contribution in [0.5, 0.6) is 5.75 Å². The zero-order chi connectivity index (χ0) is 22.5. The van der Waals surface area contributed by atoms with Crippen LogP contribution < -0.4 is 9.64 Å². The Morgan fingerprint density at radius 2 is 1.81 bits per heavy atom. The van der Waals surface area contributed by atoms with Crippen LogP contribution in [-0.2, 0) is 11.2 Å². The average Bonchev–Trinajstić information content (AvgIpc) is 2.80. The van der Waals surface area contributed by atoms with E-state index < -0.39 is 0 Å². The standard InChI is InChI=1S/C16H24N2O2.C10H13F/c1-3-4-9-18(13-19)14(2)12-17-10-11-20-16-8-6-5-7-15(16)17;1-2-3-6-9-7-4-5-8-10(9)11/h5-8,13-14H,3-4,9-12H2,1-2H3;4-5,7-8H,2-3,6H2,1H3. The third kappa shape index (κ3) is 7.89. The number of carbonyl (C=O) groups is 1. The average molecular weight is 429 g/mol. The normalized spacial score (nSPS) is 13.4. The fraction of sp³-hybridized carbons (Fsp3) is 0.500. The third-order valence-electron chi connectivity index (χ3n) is 5.54. The van der Waals surface area contributed by atoms with Crippen LogP contribution in [0.3, 0.4) is 0 Å². The van der Waals surface area contributed by atoms with Crippen molar-refractivity contribution in [3.8, 4) is 5.75 Å². The molecule has 1 aliphatic rings. The van der Waals surface area contributed by atoms with E-state index in [2.05, 4.69) is 31.7 Å². The topological polar surface area (TPSA) is 32.8 Å². The highest BCUT2D eigenvalue weighted by Crippen LogP contribution is 2.31. The summed E-state index contributed by atoms with van der Waals surface area (Å²) in [7, 11) is 0. The molecule has 1 atom stereocenters. The van der Waals surface area contributed by atoms with Crippen LogP contribution in [0, 0.1) is 5.82 Å². The van der Waals surface area contributed by atoms with Gasteiger partial charge in [-0.15, -0.1) is 0 Å². The van der Waals surface area contributed by atoms with Crippen molar-refractivity contribution in [1.29, 1.82) is 0 Å². The molecule has 31 heavy (non-hydrogen) atoms. The molecule has 0 radical (unpaired) electrons. The molecular formula is C26H37FN2O2. The number of amides is 1. The lowest BCUT2D eigenvalue weighted by Crippen LogP contribution is -2.44. The lowest BCUT2D eigenvalue weighted by atomic mass is 10.1. The molecule has 0 bridgehead atoms. The number of unbranched alkanes of at least 4 members (excludes halogenated alkanes) is 2. The number of benzene rings is 2. The number of carbonyl (C=O) groups excluding carboxylic acids is 1. The molecule has 0 fully saturated rings. The monoisotopic (exact) mass is 428 g/mol. The molecule has 0 spiro atoms. The Kier molecular flexibility index (Phi) is 10.9. The second-order valence-electron chi connectivity index (χ2n) is 8.00. The highest BCUT2D eigenvalue weighted by Gasteiger charge is 2.21. The Hall–Kier alpha value is -2.56. The summed E-state index contributed by atoms with van der Waals surface area (Å²) >= 11 is 0. The molecule has 0 N–H and O–H groups in total. The maximum absolute atomic E-state index is 12.9. The van der Waals surface area contributed by atoms with E-state index in [1.165, 1.54) is 6.07 Å². The number of halogens is 1. The maximum Gasteiger partial charge on any atom is 0.210 e. The molecule has 1 unspecified atom stereocenters. The largest absolute Gasteiger partial charge is 0.490 e. The van der Waals surface area contributed by atoms with E-state index in [4.69, 9.17) is 4.74 Å². The van der Waals surface area contributed by atoms with E-state index in [1.54, 1.807) is 6.07 Å². The number of ether oxygens (including phenoxy) is 1. The summed E-state index contributed by atoms with van der Waals surface area (Å²) in [6.07, 6.45) is 6.20. The summed E-state index contributed by atoms with van der Waals surface area (Å²) in [5.41, 5.74) is 1.97. The van der Waals surface area contributed by atoms with Crippen molar-refractivity contribution < 1.29 is 13.9 Å². The van der Waals surface area contributed by atoms with Crippen LogP contribution in [-0.4, -0.2) is 43.6 Å². The van der Waals surface area contributed by atoms with Gasteiger partial charge in [-0.05, 0) is 49.9 Å². The summed E-state index contributed by atoms with van der Waals surface area (Å²) < 4.78 is 18.6. The van der Waals surface area contributed by atoms with Crippen molar-refractivity contribution in [2.45, 2.75) is 58.9 Å². The first kappa shape index (κ1) is 24.7. The summed E-state index contributed by atoms with van der Waals surface area (Å²) in [5, 5.41) is 0. The number of rotatable bonds is 10. The van der Waals surface area contributed by atoms with Gasteiger partial charge in [-0.2, -0.15) is 0 Å². The van der Waals surface area contributed by atoms with Gasteiger partial charge in [0.25, 0.3) is 0 Å². The number of hydrogen-bond acceptors (Lipinski definition) is 3. The van der Waals surface area contributed by atoms with Crippen molar-refractivity contribution in [3.05, 3.63) is 59.9 Å². The highest BCUT2D eigenvalue weighted by molar-refractivity contribution is 5.60. The maximum atomic E-state index is 12.9. The summed E-state index contributed by atoms with van der Waals surface area (Å²) in [5.74, 6) is 0.873. The number of anilines is 1. The van der Waals surface area contributed by atoms with E-state index in [0.29, 0.717) is 6.61 Å². The van der Waals surface area contributed by atoms with Crippen molar-refractivity contribution in [2.24, 2.45) is 0 Å². The van der Waals surface area contributed by atoms with Crippen molar-refractivity contribution in [2.75, 3.05) is 31.1 Å². The first-order valence-corrected chi connectivity index (χ1v) is 11.5. The SMILES string of the molecule is CCCCN(C=O)C(C)CN1CCOc2ccccc21.CCCCc1ccccc1F. The van der Waals surface area contributed by atoms with E-state index in [-0.39, 0.29) is 11.9 Å². The predicted molar refractivity (Wildman–Crippen MR) is 126 cm³/mol. The van der Waals surface area contributed by atoms with Crippen LogP contribution in [0.4, 0.5) is 10.1 Å². The van der Waals surface area contributed by atoms with Crippen LogP contribution in [0.2, 0.25) is 0 Å². The van der Waals surface area contributed by atoms with Crippen LogP contribution in [0.1, 0.15) is 52.0 Å². The molecule has 0 saturated heterocycles. The minimum Gasteiger partial charge on any atom is -0.490 e. The zero-order valence-electron chi connectivity index (χ0n) is 19.2. The molecule has 5 heteroatoms. The van der Waals surface area contributed by atoms with Gasteiger partial charge in [-0.25, -0.2) is 4.39 Å². The summed E-state index contributed by atoms with van der Waals surface area (Å²) in [6, 6.07) is 15.3. The van der Waals surface area contributed by atoms with E-state index in [9.17, 15) is 9.18 Å². The van der Waals surface area contributed by atoms with Crippen molar-refractivity contribution >= 4 is 12.1 Å².